The first-order valence-electron chi connectivity index (χ1n) is 13.9. The molecule has 3 aromatic rings. The van der Waals surface area contributed by atoms with E-state index in [1.807, 2.05) is 82.3 Å². The van der Waals surface area contributed by atoms with E-state index in [0.29, 0.717) is 31.0 Å². The monoisotopic (exact) mass is 579 g/mol. The van der Waals surface area contributed by atoms with Crippen molar-refractivity contribution in [3.8, 4) is 5.75 Å². The van der Waals surface area contributed by atoms with Crippen molar-refractivity contribution >= 4 is 27.5 Å². The van der Waals surface area contributed by atoms with Gasteiger partial charge in [-0.1, -0.05) is 75.4 Å². The molecule has 0 aliphatic rings. The molecule has 0 spiro atoms. The highest BCUT2D eigenvalue weighted by molar-refractivity contribution is 7.92. The van der Waals surface area contributed by atoms with Gasteiger partial charge in [0.25, 0.3) is 0 Å². The lowest BCUT2D eigenvalue weighted by molar-refractivity contribution is -0.140. The lowest BCUT2D eigenvalue weighted by atomic mass is 10.1. The Bertz CT molecular complexity index is 1390. The quantitative estimate of drug-likeness (QED) is 0.293. The molecule has 0 fully saturated rings. The minimum absolute atomic E-state index is 0.184. The van der Waals surface area contributed by atoms with E-state index in [9.17, 15) is 18.0 Å². The molecule has 0 bridgehead atoms. The molecule has 9 heteroatoms. The maximum atomic E-state index is 13.9. The van der Waals surface area contributed by atoms with Crippen LogP contribution in [-0.4, -0.2) is 50.5 Å². The van der Waals surface area contributed by atoms with Crippen LogP contribution in [0.25, 0.3) is 0 Å². The lowest BCUT2D eigenvalue weighted by Gasteiger charge is -2.33. The fraction of sp³-hybridized carbons (Fsp3) is 0.375. The maximum Gasteiger partial charge on any atom is 0.244 e. The average Bonchev–Trinajstić information content (AvgIpc) is 2.94. The molecule has 220 valence electrons. The molecule has 3 aromatic carbocycles. The van der Waals surface area contributed by atoms with Crippen LogP contribution in [0, 0.1) is 12.8 Å². The van der Waals surface area contributed by atoms with Crippen molar-refractivity contribution in [2.45, 2.75) is 53.3 Å². The summed E-state index contributed by atoms with van der Waals surface area (Å²) in [5.41, 5.74) is 3.22. The number of carbonyl (C=O) groups is 2. The Labute approximate surface area is 244 Å². The van der Waals surface area contributed by atoms with Gasteiger partial charge in [0, 0.05) is 13.1 Å². The number of aryl methyl sites for hydroxylation is 1. The normalized spacial score (nSPS) is 12.0. The molecule has 8 nitrogen and oxygen atoms in total. The number of rotatable bonds is 14. The number of nitrogens with one attached hydrogen (secondary N) is 1. The number of carbonyl (C=O) groups excluding carboxylic acids is 2. The number of ether oxygens (including phenoxy) is 1. The standard InChI is InChI=1S/C32H41N3O5S/c1-6-30(32(37)33-20-24(2)3)34(21-27-15-11-10-12-25(27)4)31(36)22-35(41(5,38)39)28-16-18-29(19-17-28)40-23-26-13-8-7-9-14-26/h7-19,24,30H,6,20-23H2,1-5H3,(H,33,37). The molecular formula is C32H41N3O5S. The summed E-state index contributed by atoms with van der Waals surface area (Å²) in [6.07, 6.45) is 1.45. The molecule has 0 aliphatic carbocycles. The molecule has 2 amide bonds. The number of sulfonamides is 1. The van der Waals surface area contributed by atoms with Crippen LogP contribution in [0.1, 0.15) is 43.9 Å². The minimum Gasteiger partial charge on any atom is -0.489 e. The Morgan fingerprint density at radius 2 is 1.56 bits per heavy atom. The summed E-state index contributed by atoms with van der Waals surface area (Å²) < 4.78 is 32.7. The van der Waals surface area contributed by atoms with Gasteiger partial charge in [0.05, 0.1) is 11.9 Å². The van der Waals surface area contributed by atoms with Gasteiger partial charge in [-0.25, -0.2) is 8.42 Å². The highest BCUT2D eigenvalue weighted by Gasteiger charge is 2.32. The molecule has 0 aromatic heterocycles. The zero-order chi connectivity index (χ0) is 30.0. The van der Waals surface area contributed by atoms with E-state index < -0.39 is 28.5 Å². The first kappa shape index (κ1) is 31.7. The summed E-state index contributed by atoms with van der Waals surface area (Å²) in [5, 5.41) is 2.94. The van der Waals surface area contributed by atoms with Crippen LogP contribution >= 0.6 is 0 Å². The van der Waals surface area contributed by atoms with E-state index in [1.165, 1.54) is 4.90 Å². The number of amides is 2. The van der Waals surface area contributed by atoms with E-state index in [-0.39, 0.29) is 18.4 Å². The Hall–Kier alpha value is -3.85. The molecule has 1 atom stereocenters. The molecule has 0 heterocycles. The van der Waals surface area contributed by atoms with E-state index in [2.05, 4.69) is 5.32 Å². The molecule has 0 radical (unpaired) electrons. The largest absolute Gasteiger partial charge is 0.489 e. The van der Waals surface area contributed by atoms with Crippen molar-refractivity contribution in [1.29, 1.82) is 0 Å². The van der Waals surface area contributed by atoms with Crippen molar-refractivity contribution in [3.05, 3.63) is 95.6 Å². The molecule has 41 heavy (non-hydrogen) atoms. The molecule has 1 N–H and O–H groups in total. The lowest BCUT2D eigenvalue weighted by Crippen LogP contribution is -2.52. The number of anilines is 1. The second-order valence-electron chi connectivity index (χ2n) is 10.5. The zero-order valence-electron chi connectivity index (χ0n) is 24.5. The van der Waals surface area contributed by atoms with Crippen molar-refractivity contribution in [2.24, 2.45) is 5.92 Å². The van der Waals surface area contributed by atoms with Gasteiger partial charge >= 0.3 is 0 Å². The molecule has 0 aliphatic heterocycles. The van der Waals surface area contributed by atoms with Crippen LogP contribution in [-0.2, 0) is 32.8 Å². The average molecular weight is 580 g/mol. The van der Waals surface area contributed by atoms with Gasteiger partial charge in [0.15, 0.2) is 0 Å². The summed E-state index contributed by atoms with van der Waals surface area (Å²) in [6.45, 7) is 8.39. The van der Waals surface area contributed by atoms with Gasteiger partial charge in [-0.2, -0.15) is 0 Å². The number of benzene rings is 3. The van der Waals surface area contributed by atoms with Crippen molar-refractivity contribution in [2.75, 3.05) is 23.7 Å². The van der Waals surface area contributed by atoms with Gasteiger partial charge in [-0.15, -0.1) is 0 Å². The van der Waals surface area contributed by atoms with Crippen molar-refractivity contribution < 1.29 is 22.7 Å². The van der Waals surface area contributed by atoms with Crippen LogP contribution in [0.4, 0.5) is 5.69 Å². The van der Waals surface area contributed by atoms with Gasteiger partial charge < -0.3 is 15.0 Å². The van der Waals surface area contributed by atoms with Crippen LogP contribution in [0.5, 0.6) is 5.75 Å². The highest BCUT2D eigenvalue weighted by Crippen LogP contribution is 2.24. The van der Waals surface area contributed by atoms with Crippen molar-refractivity contribution in [1.82, 2.24) is 10.2 Å². The third-order valence-corrected chi connectivity index (χ3v) is 7.87. The Balaban J connectivity index is 1.85. The van der Waals surface area contributed by atoms with Crippen LogP contribution in [0.15, 0.2) is 78.9 Å². The zero-order valence-corrected chi connectivity index (χ0v) is 25.4. The smallest absolute Gasteiger partial charge is 0.244 e. The first-order chi connectivity index (χ1) is 19.5. The number of nitrogens with zero attached hydrogens (tertiary/aromatic N) is 2. The van der Waals surface area contributed by atoms with E-state index >= 15 is 0 Å². The van der Waals surface area contributed by atoms with Gasteiger partial charge in [-0.3, -0.25) is 13.9 Å². The fourth-order valence-electron chi connectivity index (χ4n) is 4.38. The van der Waals surface area contributed by atoms with E-state index in [1.54, 1.807) is 24.3 Å². The van der Waals surface area contributed by atoms with E-state index in [0.717, 1.165) is 27.3 Å². The van der Waals surface area contributed by atoms with Crippen LogP contribution in [0.3, 0.4) is 0 Å². The Morgan fingerprint density at radius 1 is 0.927 bits per heavy atom. The number of hydrogen-bond acceptors (Lipinski definition) is 5. The summed E-state index contributed by atoms with van der Waals surface area (Å²) in [5.74, 6) is 0.104. The topological polar surface area (TPSA) is 96.0 Å². The molecule has 1 unspecified atom stereocenters. The SMILES string of the molecule is CCC(C(=O)NCC(C)C)N(Cc1ccccc1C)C(=O)CN(c1ccc(OCc2ccccc2)cc1)S(C)(=O)=O. The van der Waals surface area contributed by atoms with Gasteiger partial charge in [0.2, 0.25) is 21.8 Å². The number of hydrogen-bond donors (Lipinski definition) is 1. The van der Waals surface area contributed by atoms with Crippen LogP contribution in [0.2, 0.25) is 0 Å². The second kappa shape index (κ2) is 14.7. The van der Waals surface area contributed by atoms with Crippen molar-refractivity contribution in [3.63, 3.8) is 0 Å². The maximum absolute atomic E-state index is 13.9. The summed E-state index contributed by atoms with van der Waals surface area (Å²) in [4.78, 5) is 28.6. The highest BCUT2D eigenvalue weighted by atomic mass is 32.2. The molecule has 3 rings (SSSR count). The summed E-state index contributed by atoms with van der Waals surface area (Å²) in [6, 6.07) is 23.2. The summed E-state index contributed by atoms with van der Waals surface area (Å²) in [7, 11) is -3.83. The second-order valence-corrected chi connectivity index (χ2v) is 12.5. The Morgan fingerprint density at radius 3 is 2.15 bits per heavy atom. The third-order valence-electron chi connectivity index (χ3n) is 6.72. The van der Waals surface area contributed by atoms with Gasteiger partial charge in [0.1, 0.15) is 24.9 Å². The molecule has 0 saturated carbocycles. The van der Waals surface area contributed by atoms with E-state index in [4.69, 9.17) is 4.74 Å². The van der Waals surface area contributed by atoms with Crippen LogP contribution < -0.4 is 14.4 Å². The Kier molecular flexibility index (Phi) is 11.3. The predicted molar refractivity (Wildman–Crippen MR) is 163 cm³/mol. The minimum atomic E-state index is -3.83. The summed E-state index contributed by atoms with van der Waals surface area (Å²) >= 11 is 0. The third kappa shape index (κ3) is 9.35. The molecular weight excluding hydrogens is 538 g/mol. The fourth-order valence-corrected chi connectivity index (χ4v) is 5.23. The first-order valence-corrected chi connectivity index (χ1v) is 15.7. The van der Waals surface area contributed by atoms with Gasteiger partial charge in [-0.05, 0) is 60.2 Å². The predicted octanol–water partition coefficient (Wildman–Crippen LogP) is 4.92. The molecule has 0 saturated heterocycles.